The maximum atomic E-state index is 14.8. The van der Waals surface area contributed by atoms with E-state index in [1.165, 1.54) is 35.5 Å². The first-order valence-corrected chi connectivity index (χ1v) is 12.4. The number of tetrazole rings is 1. The summed E-state index contributed by atoms with van der Waals surface area (Å²) in [5.41, 5.74) is 4.32. The molecule has 0 radical (unpaired) electrons. The summed E-state index contributed by atoms with van der Waals surface area (Å²) in [5, 5.41) is 36.3. The first kappa shape index (κ1) is 24.5. The van der Waals surface area contributed by atoms with Crippen molar-refractivity contribution >= 4 is 23.4 Å². The van der Waals surface area contributed by atoms with Crippen LogP contribution in [0.5, 0.6) is 0 Å². The number of fused-ring (bicyclic) bond motifs is 1. The minimum atomic E-state index is -1.28. The number of hydrogen-bond acceptors (Lipinski definition) is 6. The maximum Gasteiger partial charge on any atom is 0.409 e. The third-order valence-electron chi connectivity index (χ3n) is 6.72. The van der Waals surface area contributed by atoms with Crippen LogP contribution in [0.4, 0.5) is 14.9 Å². The Bertz CT molecular complexity index is 1710. The quantitative estimate of drug-likeness (QED) is 0.213. The van der Waals surface area contributed by atoms with Crippen molar-refractivity contribution < 1.29 is 19.0 Å². The zero-order chi connectivity index (χ0) is 27.1. The molecule has 39 heavy (non-hydrogen) atoms. The largest absolute Gasteiger partial charge is 0.618 e. The summed E-state index contributed by atoms with van der Waals surface area (Å²) in [7, 11) is 0. The minimum absolute atomic E-state index is 0.121. The zero-order valence-corrected chi connectivity index (χ0v) is 20.9. The smallest absolute Gasteiger partial charge is 0.409 e. The maximum absolute atomic E-state index is 14.8. The van der Waals surface area contributed by atoms with Gasteiger partial charge in [-0.2, -0.15) is 9.41 Å². The second kappa shape index (κ2) is 9.80. The Balaban J connectivity index is 1.36. The number of H-pyrrole nitrogens is 1. The van der Waals surface area contributed by atoms with Gasteiger partial charge in [-0.1, -0.05) is 11.6 Å². The molecule has 0 spiro atoms. The second-order valence-electron chi connectivity index (χ2n) is 9.13. The van der Waals surface area contributed by atoms with Gasteiger partial charge in [-0.25, -0.2) is 14.2 Å². The van der Waals surface area contributed by atoms with E-state index < -0.39 is 11.9 Å². The molecule has 1 aliphatic rings. The summed E-state index contributed by atoms with van der Waals surface area (Å²) >= 11 is 6.29. The molecule has 2 aromatic carbocycles. The normalized spacial score (nSPS) is 14.7. The summed E-state index contributed by atoms with van der Waals surface area (Å²) in [4.78, 5) is 18.5. The van der Waals surface area contributed by atoms with Gasteiger partial charge in [0.25, 0.3) is 0 Å². The van der Waals surface area contributed by atoms with Crippen molar-refractivity contribution in [3.63, 3.8) is 0 Å². The van der Waals surface area contributed by atoms with Crippen LogP contribution in [0.25, 0.3) is 28.1 Å². The molecule has 3 heterocycles. The Labute approximate surface area is 225 Å². The molecular formula is C26H20ClFN8O3. The highest BCUT2D eigenvalue weighted by molar-refractivity contribution is 6.31. The molecule has 11 nitrogen and oxygen atoms in total. The van der Waals surface area contributed by atoms with Gasteiger partial charge in [-0.05, 0) is 72.2 Å². The van der Waals surface area contributed by atoms with Crippen LogP contribution in [0.15, 0.2) is 61.2 Å². The number of aryl methyl sites for hydroxylation is 1. The van der Waals surface area contributed by atoms with Gasteiger partial charge in [0.2, 0.25) is 5.69 Å². The van der Waals surface area contributed by atoms with E-state index >= 15 is 0 Å². The van der Waals surface area contributed by atoms with Gasteiger partial charge in [0.05, 0.1) is 17.6 Å². The molecule has 1 amide bonds. The first-order chi connectivity index (χ1) is 18.9. The van der Waals surface area contributed by atoms with Gasteiger partial charge in [0, 0.05) is 33.0 Å². The van der Waals surface area contributed by atoms with Crippen molar-refractivity contribution in [2.24, 2.45) is 0 Å². The molecule has 196 valence electrons. The summed E-state index contributed by atoms with van der Waals surface area (Å²) < 4.78 is 17.1. The molecule has 1 unspecified atom stereocenters. The number of imidazole rings is 1. The molecule has 0 aliphatic heterocycles. The van der Waals surface area contributed by atoms with Gasteiger partial charge in [0.15, 0.2) is 6.20 Å². The molecule has 3 aromatic heterocycles. The van der Waals surface area contributed by atoms with E-state index in [0.29, 0.717) is 51.9 Å². The fraction of sp³-hybridized carbons (Fsp3) is 0.154. The predicted molar refractivity (Wildman–Crippen MR) is 139 cm³/mol. The molecule has 1 aliphatic carbocycles. The van der Waals surface area contributed by atoms with Gasteiger partial charge < -0.3 is 15.3 Å². The Hall–Kier alpha value is -4.84. The molecule has 0 saturated carbocycles. The molecule has 0 fully saturated rings. The molecule has 6 rings (SSSR count). The predicted octanol–water partition coefficient (Wildman–Crippen LogP) is 4.70. The van der Waals surface area contributed by atoms with E-state index in [0.717, 1.165) is 22.8 Å². The van der Waals surface area contributed by atoms with Crippen LogP contribution >= 0.6 is 11.6 Å². The van der Waals surface area contributed by atoms with Crippen molar-refractivity contribution in [2.45, 2.75) is 25.2 Å². The van der Waals surface area contributed by atoms with Crippen LogP contribution in [0.2, 0.25) is 5.02 Å². The molecule has 5 aromatic rings. The number of hydrogen-bond donors (Lipinski definition) is 3. The fourth-order valence-corrected chi connectivity index (χ4v) is 5.23. The number of carboxylic acid groups (broad SMARTS) is 1. The monoisotopic (exact) mass is 546 g/mol. The summed E-state index contributed by atoms with van der Waals surface area (Å²) in [5.74, 6) is -0.375. The van der Waals surface area contributed by atoms with E-state index in [1.54, 1.807) is 18.2 Å². The molecule has 3 N–H and O–H groups in total. The van der Waals surface area contributed by atoms with Crippen molar-refractivity contribution in [3.8, 4) is 28.1 Å². The Morgan fingerprint density at radius 1 is 1.23 bits per heavy atom. The average molecular weight is 547 g/mol. The number of pyridine rings is 1. The highest BCUT2D eigenvalue weighted by Crippen LogP contribution is 2.37. The standard InChI is InChI=1S/C26H20ClFN8O3/c27-16-4-7-23(35-13-30-33-34-35)20(9-16)15-8-14-2-1-3-19(24(14)36(39)12-15)25-29-11-22(32-25)18-6-5-17(10-21(18)28)31-26(37)38/h4-13,19,31H,1-3H2,(H,29,32)(H,37,38). The Kier molecular flexibility index (Phi) is 6.15. The fourth-order valence-electron chi connectivity index (χ4n) is 5.06. The van der Waals surface area contributed by atoms with Crippen molar-refractivity contribution in [1.82, 2.24) is 30.2 Å². The van der Waals surface area contributed by atoms with Crippen LogP contribution in [0.1, 0.15) is 35.8 Å². The van der Waals surface area contributed by atoms with Crippen LogP contribution in [-0.2, 0) is 6.42 Å². The van der Waals surface area contributed by atoms with E-state index in [4.69, 9.17) is 16.7 Å². The van der Waals surface area contributed by atoms with E-state index in [-0.39, 0.29) is 17.2 Å². The van der Waals surface area contributed by atoms with Crippen molar-refractivity contribution in [2.75, 3.05) is 5.32 Å². The van der Waals surface area contributed by atoms with Crippen LogP contribution in [0, 0.1) is 11.0 Å². The van der Waals surface area contributed by atoms with E-state index in [1.807, 2.05) is 6.07 Å². The van der Waals surface area contributed by atoms with Crippen molar-refractivity contribution in [1.29, 1.82) is 0 Å². The van der Waals surface area contributed by atoms with E-state index in [9.17, 15) is 14.4 Å². The lowest BCUT2D eigenvalue weighted by Crippen LogP contribution is -2.37. The van der Waals surface area contributed by atoms with Gasteiger partial charge in [0.1, 0.15) is 23.9 Å². The molecule has 13 heteroatoms. The second-order valence-corrected chi connectivity index (χ2v) is 9.57. The average Bonchev–Trinajstić information content (AvgIpc) is 3.61. The molecule has 1 atom stereocenters. The van der Waals surface area contributed by atoms with Crippen LogP contribution in [0.3, 0.4) is 0 Å². The van der Waals surface area contributed by atoms with Gasteiger partial charge in [-0.3, -0.25) is 5.32 Å². The molecule has 0 saturated heterocycles. The lowest BCUT2D eigenvalue weighted by Gasteiger charge is -2.23. The van der Waals surface area contributed by atoms with Crippen LogP contribution in [-0.4, -0.2) is 41.4 Å². The first-order valence-electron chi connectivity index (χ1n) is 12.0. The summed E-state index contributed by atoms with van der Waals surface area (Å²) in [6, 6.07) is 11.3. The lowest BCUT2D eigenvalue weighted by molar-refractivity contribution is -0.615. The number of benzene rings is 2. The number of nitrogens with one attached hydrogen (secondary N) is 2. The highest BCUT2D eigenvalue weighted by atomic mass is 35.5. The van der Waals surface area contributed by atoms with Gasteiger partial charge >= 0.3 is 6.09 Å². The number of aromatic amines is 1. The number of nitrogens with zero attached hydrogens (tertiary/aromatic N) is 6. The third kappa shape index (κ3) is 4.66. The number of amides is 1. The lowest BCUT2D eigenvalue weighted by atomic mass is 9.85. The zero-order valence-electron chi connectivity index (χ0n) is 20.2. The van der Waals surface area contributed by atoms with Crippen LogP contribution < -0.4 is 10.0 Å². The Morgan fingerprint density at radius 3 is 2.87 bits per heavy atom. The van der Waals surface area contributed by atoms with Crippen molar-refractivity contribution in [3.05, 3.63) is 94.3 Å². The summed E-state index contributed by atoms with van der Waals surface area (Å²) in [6.45, 7) is 0. The summed E-state index contributed by atoms with van der Waals surface area (Å²) in [6.07, 6.45) is 5.45. The number of rotatable bonds is 5. The number of aromatic nitrogens is 7. The number of carbonyl (C=O) groups is 1. The Morgan fingerprint density at radius 2 is 2.10 bits per heavy atom. The topological polar surface area (TPSA) is 149 Å². The number of anilines is 1. The minimum Gasteiger partial charge on any atom is -0.618 e. The van der Waals surface area contributed by atoms with Gasteiger partial charge in [-0.15, -0.1) is 5.10 Å². The number of halogens is 2. The highest BCUT2D eigenvalue weighted by Gasteiger charge is 2.33. The molecular weight excluding hydrogens is 527 g/mol. The SMILES string of the molecule is O=C(O)Nc1ccc(-c2cnc(C3CCCc4cc(-c5cc(Cl)ccc5-n5cnnn5)c[n+]([O-])c43)[nH]2)c(F)c1. The molecule has 0 bridgehead atoms. The third-order valence-corrected chi connectivity index (χ3v) is 6.96. The van der Waals surface area contributed by atoms with E-state index in [2.05, 4.69) is 30.8 Å².